The average Bonchev–Trinajstić information content (AvgIpc) is 2.84. The maximum Gasteiger partial charge on any atom is 0.265 e. The molecule has 2 aromatic carbocycles. The lowest BCUT2D eigenvalue weighted by Gasteiger charge is -2.35. The van der Waals surface area contributed by atoms with Crippen LogP contribution in [0.15, 0.2) is 66.0 Å². The fraction of sp³-hybridized carbons (Fsp3) is 0.227. The maximum absolute atomic E-state index is 12.9. The molecule has 172 valence electrons. The molecule has 3 aromatic rings. The molecule has 1 fully saturated rings. The van der Waals surface area contributed by atoms with Gasteiger partial charge in [-0.1, -0.05) is 11.6 Å². The first-order valence-corrected chi connectivity index (χ1v) is 12.0. The molecule has 2 heterocycles. The molecule has 1 aliphatic rings. The van der Waals surface area contributed by atoms with E-state index in [1.54, 1.807) is 53.8 Å². The minimum absolute atomic E-state index is 0.0707. The van der Waals surface area contributed by atoms with E-state index in [9.17, 15) is 13.2 Å². The largest absolute Gasteiger partial charge is 0.495 e. The number of amides is 1. The first-order chi connectivity index (χ1) is 15.9. The van der Waals surface area contributed by atoms with E-state index >= 15 is 0 Å². The molecule has 1 aromatic heterocycles. The lowest BCUT2D eigenvalue weighted by molar-refractivity contribution is 0.0746. The molecule has 11 heteroatoms. The lowest BCUT2D eigenvalue weighted by Crippen LogP contribution is -2.49. The molecule has 0 aliphatic carbocycles. The molecule has 1 N–H and O–H groups in total. The number of aromatic nitrogens is 2. The molecular formula is C22H22ClN5O4S. The van der Waals surface area contributed by atoms with Gasteiger partial charge in [0.2, 0.25) is 0 Å². The van der Waals surface area contributed by atoms with Gasteiger partial charge >= 0.3 is 0 Å². The Bertz CT molecular complexity index is 1230. The highest BCUT2D eigenvalue weighted by Gasteiger charge is 2.24. The monoisotopic (exact) mass is 487 g/mol. The quantitative estimate of drug-likeness (QED) is 0.570. The normalized spacial score (nSPS) is 14.1. The van der Waals surface area contributed by atoms with Gasteiger partial charge in [-0.25, -0.2) is 13.4 Å². The van der Waals surface area contributed by atoms with Gasteiger partial charge in [0, 0.05) is 54.8 Å². The third-order valence-corrected chi connectivity index (χ3v) is 6.88. The molecule has 0 radical (unpaired) electrons. The summed E-state index contributed by atoms with van der Waals surface area (Å²) in [6.07, 6.45) is 4.97. The van der Waals surface area contributed by atoms with Crippen molar-refractivity contribution in [2.75, 3.05) is 42.9 Å². The average molecular weight is 488 g/mol. The number of sulfonamides is 1. The highest BCUT2D eigenvalue weighted by molar-refractivity contribution is 7.92. The lowest BCUT2D eigenvalue weighted by atomic mass is 10.1. The fourth-order valence-corrected chi connectivity index (χ4v) is 5.02. The molecular weight excluding hydrogens is 466 g/mol. The topological polar surface area (TPSA) is 105 Å². The Hall–Kier alpha value is -3.37. The van der Waals surface area contributed by atoms with Crippen LogP contribution in [0.25, 0.3) is 0 Å². The Kier molecular flexibility index (Phi) is 6.66. The second-order valence-electron chi connectivity index (χ2n) is 7.32. The van der Waals surface area contributed by atoms with Gasteiger partial charge in [0.1, 0.15) is 16.5 Å². The van der Waals surface area contributed by atoms with Gasteiger partial charge in [0.25, 0.3) is 15.9 Å². The van der Waals surface area contributed by atoms with Crippen molar-refractivity contribution in [3.63, 3.8) is 0 Å². The summed E-state index contributed by atoms with van der Waals surface area (Å²) in [5.41, 5.74) is 0.798. The number of piperazine rings is 1. The Balaban J connectivity index is 1.41. The summed E-state index contributed by atoms with van der Waals surface area (Å²) in [4.78, 5) is 25.0. The van der Waals surface area contributed by atoms with Crippen LogP contribution in [-0.4, -0.2) is 62.5 Å². The molecule has 4 rings (SSSR count). The van der Waals surface area contributed by atoms with Gasteiger partial charge < -0.3 is 14.5 Å². The third-order valence-electron chi connectivity index (χ3n) is 5.24. The summed E-state index contributed by atoms with van der Waals surface area (Å²) >= 11 is 5.96. The van der Waals surface area contributed by atoms with E-state index in [0.29, 0.717) is 37.4 Å². The van der Waals surface area contributed by atoms with E-state index in [1.807, 2.05) is 0 Å². The predicted molar refractivity (Wildman–Crippen MR) is 125 cm³/mol. The minimum atomic E-state index is -3.94. The summed E-state index contributed by atoms with van der Waals surface area (Å²) in [5.74, 6) is 0.858. The number of carbonyl (C=O) groups excluding carboxylic acids is 1. The van der Waals surface area contributed by atoms with Gasteiger partial charge in [0.15, 0.2) is 0 Å². The van der Waals surface area contributed by atoms with E-state index in [1.165, 1.54) is 19.2 Å². The van der Waals surface area contributed by atoms with E-state index < -0.39 is 10.0 Å². The highest BCUT2D eigenvalue weighted by atomic mass is 35.5. The molecule has 1 aliphatic heterocycles. The van der Waals surface area contributed by atoms with E-state index in [4.69, 9.17) is 16.3 Å². The summed E-state index contributed by atoms with van der Waals surface area (Å²) in [5, 5.41) is 0.275. The standard InChI is InChI=1S/C22H22ClN5O4S/c1-32-19-7-4-17(23)14-20(19)33(30,31)26-18-5-2-16(3-6-18)22(29)28-12-10-27(11-13-28)21-15-24-8-9-25-21/h2-9,14-15,26H,10-13H2,1H3. The van der Waals surface area contributed by atoms with Gasteiger partial charge in [-0.3, -0.25) is 14.5 Å². The van der Waals surface area contributed by atoms with Crippen molar-refractivity contribution in [1.82, 2.24) is 14.9 Å². The number of nitrogens with zero attached hydrogens (tertiary/aromatic N) is 4. The Morgan fingerprint density at radius 3 is 2.42 bits per heavy atom. The summed E-state index contributed by atoms with van der Waals surface area (Å²) in [7, 11) is -2.55. The smallest absolute Gasteiger partial charge is 0.265 e. The zero-order chi connectivity index (χ0) is 23.4. The SMILES string of the molecule is COc1ccc(Cl)cc1S(=O)(=O)Nc1ccc(C(=O)N2CCN(c3cnccn3)CC2)cc1. The number of rotatable bonds is 6. The first-order valence-electron chi connectivity index (χ1n) is 10.1. The van der Waals surface area contributed by atoms with Crippen LogP contribution in [0.5, 0.6) is 5.75 Å². The van der Waals surface area contributed by atoms with Crippen LogP contribution >= 0.6 is 11.6 Å². The number of carbonyl (C=O) groups is 1. The second kappa shape index (κ2) is 9.63. The summed E-state index contributed by atoms with van der Waals surface area (Å²) in [6, 6.07) is 10.7. The van der Waals surface area contributed by atoms with Crippen molar-refractivity contribution in [3.05, 3.63) is 71.6 Å². The molecule has 0 spiro atoms. The van der Waals surface area contributed by atoms with E-state index in [0.717, 1.165) is 5.82 Å². The maximum atomic E-state index is 12.9. The Morgan fingerprint density at radius 2 is 1.79 bits per heavy atom. The molecule has 0 saturated carbocycles. The summed E-state index contributed by atoms with van der Waals surface area (Å²) < 4.78 is 33.3. The number of nitrogens with one attached hydrogen (secondary N) is 1. The predicted octanol–water partition coefficient (Wildman–Crippen LogP) is 2.90. The second-order valence-corrected chi connectivity index (χ2v) is 9.41. The molecule has 0 unspecified atom stereocenters. The van der Waals surface area contributed by atoms with Crippen molar-refractivity contribution in [1.29, 1.82) is 0 Å². The number of anilines is 2. The number of ether oxygens (including phenoxy) is 1. The van der Waals surface area contributed by atoms with Crippen LogP contribution in [0.4, 0.5) is 11.5 Å². The van der Waals surface area contributed by atoms with Gasteiger partial charge in [-0.05, 0) is 42.5 Å². The van der Waals surface area contributed by atoms with Crippen LogP contribution in [0.2, 0.25) is 5.02 Å². The Labute approximate surface area is 197 Å². The van der Waals surface area contributed by atoms with Crippen molar-refractivity contribution in [3.8, 4) is 5.75 Å². The zero-order valence-electron chi connectivity index (χ0n) is 17.8. The molecule has 33 heavy (non-hydrogen) atoms. The fourth-order valence-electron chi connectivity index (χ4n) is 3.53. The Morgan fingerprint density at radius 1 is 1.06 bits per heavy atom. The van der Waals surface area contributed by atoms with Gasteiger partial charge in [0.05, 0.1) is 13.3 Å². The van der Waals surface area contributed by atoms with Crippen molar-refractivity contribution in [2.45, 2.75) is 4.90 Å². The van der Waals surface area contributed by atoms with Crippen LogP contribution in [0, 0.1) is 0 Å². The molecule has 1 amide bonds. The van der Waals surface area contributed by atoms with Crippen molar-refractivity contribution in [2.24, 2.45) is 0 Å². The third kappa shape index (κ3) is 5.18. The molecule has 9 nitrogen and oxygen atoms in total. The van der Waals surface area contributed by atoms with E-state index in [2.05, 4.69) is 19.6 Å². The van der Waals surface area contributed by atoms with Crippen LogP contribution in [0.3, 0.4) is 0 Å². The number of hydrogen-bond acceptors (Lipinski definition) is 7. The molecule has 0 atom stereocenters. The van der Waals surface area contributed by atoms with Crippen molar-refractivity contribution < 1.29 is 17.9 Å². The minimum Gasteiger partial charge on any atom is -0.495 e. The number of hydrogen-bond donors (Lipinski definition) is 1. The van der Waals surface area contributed by atoms with Crippen molar-refractivity contribution >= 4 is 39.0 Å². The van der Waals surface area contributed by atoms with E-state index in [-0.39, 0.29) is 21.6 Å². The number of halogens is 1. The highest BCUT2D eigenvalue weighted by Crippen LogP contribution is 2.29. The van der Waals surface area contributed by atoms with Crippen LogP contribution in [-0.2, 0) is 10.0 Å². The summed E-state index contributed by atoms with van der Waals surface area (Å²) in [6.45, 7) is 2.42. The molecule has 1 saturated heterocycles. The number of methoxy groups -OCH3 is 1. The van der Waals surface area contributed by atoms with Gasteiger partial charge in [-0.2, -0.15) is 0 Å². The van der Waals surface area contributed by atoms with Crippen LogP contribution < -0.4 is 14.4 Å². The first kappa shape index (κ1) is 22.8. The number of benzene rings is 2. The van der Waals surface area contributed by atoms with Gasteiger partial charge in [-0.15, -0.1) is 0 Å². The molecule has 0 bridgehead atoms. The zero-order valence-corrected chi connectivity index (χ0v) is 19.4. The van der Waals surface area contributed by atoms with Crippen LogP contribution in [0.1, 0.15) is 10.4 Å².